The molecule has 7 nitrogen and oxygen atoms in total. The second-order valence-corrected chi connectivity index (χ2v) is 13.7. The molecule has 0 spiro atoms. The van der Waals surface area contributed by atoms with Crippen LogP contribution in [-0.4, -0.2) is 50.1 Å². The molecular formula is C28H30N2O5S2. The van der Waals surface area contributed by atoms with E-state index < -0.39 is 44.1 Å². The van der Waals surface area contributed by atoms with Crippen LogP contribution in [0.1, 0.15) is 41.6 Å². The van der Waals surface area contributed by atoms with Crippen molar-refractivity contribution >= 4 is 25.8 Å². The van der Waals surface area contributed by atoms with Crippen molar-refractivity contribution in [3.05, 3.63) is 102 Å². The summed E-state index contributed by atoms with van der Waals surface area (Å²) >= 11 is 0. The number of sulfonamides is 2. The third-order valence-electron chi connectivity index (χ3n) is 7.47. The van der Waals surface area contributed by atoms with Crippen LogP contribution in [0, 0.1) is 12.8 Å². The van der Waals surface area contributed by atoms with Crippen LogP contribution in [0.3, 0.4) is 0 Å². The fraction of sp³-hybridized carbons (Fsp3) is 0.321. The molecule has 2 fully saturated rings. The number of carbonyl (C=O) groups excluding carboxylic acids is 1. The van der Waals surface area contributed by atoms with E-state index in [0.29, 0.717) is 0 Å². The van der Waals surface area contributed by atoms with Gasteiger partial charge in [-0.2, -0.15) is 8.61 Å². The summed E-state index contributed by atoms with van der Waals surface area (Å²) in [5.41, 5.74) is 2.46. The first-order valence-corrected chi connectivity index (χ1v) is 15.6. The molecule has 0 aliphatic carbocycles. The lowest BCUT2D eigenvalue weighted by Gasteiger charge is -2.51. The quantitative estimate of drug-likeness (QED) is 0.488. The Kier molecular flexibility index (Phi) is 6.83. The zero-order chi connectivity index (χ0) is 26.4. The van der Waals surface area contributed by atoms with Gasteiger partial charge < -0.3 is 0 Å². The van der Waals surface area contributed by atoms with Gasteiger partial charge in [-0.25, -0.2) is 16.8 Å². The molecule has 0 bridgehead atoms. The highest BCUT2D eigenvalue weighted by atomic mass is 32.2. The minimum atomic E-state index is -3.96. The largest absolute Gasteiger partial charge is 0.299 e. The summed E-state index contributed by atoms with van der Waals surface area (Å²) in [6, 6.07) is 23.2. The number of hydrogen-bond acceptors (Lipinski definition) is 5. The molecule has 2 aliphatic rings. The van der Waals surface area contributed by atoms with Gasteiger partial charge in [0.2, 0.25) is 20.0 Å². The summed E-state index contributed by atoms with van der Waals surface area (Å²) in [7, 11) is -7.67. The second-order valence-electron chi connectivity index (χ2n) is 9.91. The fourth-order valence-electron chi connectivity index (χ4n) is 5.72. The summed E-state index contributed by atoms with van der Waals surface area (Å²) in [4.78, 5) is 13.7. The molecule has 2 saturated heterocycles. The number of nitrogens with zero attached hydrogens (tertiary/aromatic N) is 2. The third-order valence-corrected chi connectivity index (χ3v) is 10.7. The molecule has 37 heavy (non-hydrogen) atoms. The molecule has 0 aromatic heterocycles. The summed E-state index contributed by atoms with van der Waals surface area (Å²) in [5.74, 6) is -0.871. The van der Waals surface area contributed by atoms with Gasteiger partial charge in [-0.1, -0.05) is 78.4 Å². The zero-order valence-corrected chi connectivity index (χ0v) is 22.4. The molecule has 3 aromatic carbocycles. The summed E-state index contributed by atoms with van der Waals surface area (Å²) in [6.07, 6.45) is 1.36. The number of aryl methyl sites for hydroxylation is 1. The van der Waals surface area contributed by atoms with Gasteiger partial charge in [-0.05, 0) is 36.6 Å². The maximum atomic E-state index is 13.9. The predicted molar refractivity (Wildman–Crippen MR) is 142 cm³/mol. The van der Waals surface area contributed by atoms with Crippen LogP contribution >= 0.6 is 0 Å². The first-order chi connectivity index (χ1) is 17.6. The normalized spacial score (nSPS) is 25.5. The van der Waals surface area contributed by atoms with E-state index in [9.17, 15) is 21.6 Å². The van der Waals surface area contributed by atoms with Crippen LogP contribution in [0.5, 0.6) is 0 Å². The Morgan fingerprint density at radius 1 is 0.757 bits per heavy atom. The van der Waals surface area contributed by atoms with E-state index in [1.807, 2.05) is 67.6 Å². The number of hydrogen-bond donors (Lipinski definition) is 0. The van der Waals surface area contributed by atoms with Gasteiger partial charge in [0, 0.05) is 24.9 Å². The van der Waals surface area contributed by atoms with E-state index in [1.165, 1.54) is 14.9 Å². The van der Waals surface area contributed by atoms with Gasteiger partial charge in [0.15, 0.2) is 0 Å². The first kappa shape index (κ1) is 25.8. The molecule has 0 radical (unpaired) electrons. The molecule has 2 heterocycles. The predicted octanol–water partition coefficient (Wildman–Crippen LogP) is 4.09. The molecule has 0 unspecified atom stereocenters. The Morgan fingerprint density at radius 3 is 1.84 bits per heavy atom. The van der Waals surface area contributed by atoms with Gasteiger partial charge in [0.1, 0.15) is 5.78 Å². The van der Waals surface area contributed by atoms with Crippen molar-refractivity contribution in [3.8, 4) is 0 Å². The number of Topliss-reactive ketones (excluding diaryl/α,β-unsaturated/α-hetero) is 1. The Hall–Kier alpha value is -2.85. The van der Waals surface area contributed by atoms with Crippen LogP contribution in [-0.2, 0) is 24.8 Å². The van der Waals surface area contributed by atoms with Crippen molar-refractivity contribution in [3.63, 3.8) is 0 Å². The Morgan fingerprint density at radius 2 is 1.30 bits per heavy atom. The number of piperidine rings is 2. The van der Waals surface area contributed by atoms with E-state index in [2.05, 4.69) is 0 Å². The lowest BCUT2D eigenvalue weighted by Crippen LogP contribution is -2.60. The van der Waals surface area contributed by atoms with Crippen molar-refractivity contribution in [2.45, 2.75) is 42.8 Å². The summed E-state index contributed by atoms with van der Waals surface area (Å²) in [5, 5.41) is 0. The zero-order valence-electron chi connectivity index (χ0n) is 20.8. The summed E-state index contributed by atoms with van der Waals surface area (Å²) < 4.78 is 57.1. The molecule has 4 atom stereocenters. The van der Waals surface area contributed by atoms with Gasteiger partial charge in [0.05, 0.1) is 23.2 Å². The number of ketones is 1. The average Bonchev–Trinajstić information content (AvgIpc) is 2.88. The van der Waals surface area contributed by atoms with Crippen LogP contribution in [0.25, 0.3) is 0 Å². The number of fused-ring (bicyclic) bond motifs is 1. The van der Waals surface area contributed by atoms with Crippen molar-refractivity contribution in [2.75, 3.05) is 12.8 Å². The molecule has 0 amide bonds. The van der Waals surface area contributed by atoms with E-state index in [-0.39, 0.29) is 30.1 Å². The molecule has 2 aliphatic heterocycles. The standard InChI is InChI=1S/C28H30N2O5S2/c1-20-13-15-23(16-14-20)37(34,35)29-19-24-27(17-25(29)21-9-5-3-6-10-21)30(36(2,32)33)26(18-28(24)31)22-11-7-4-8-12-22/h3-16,24-27H,17-19H2,1-2H3/t24-,25+,26+,27+/m1/s1. The molecule has 9 heteroatoms. The fourth-order valence-corrected chi connectivity index (χ4v) is 8.75. The molecular weight excluding hydrogens is 508 g/mol. The highest BCUT2D eigenvalue weighted by Gasteiger charge is 2.53. The molecule has 194 valence electrons. The minimum absolute atomic E-state index is 0.00662. The van der Waals surface area contributed by atoms with Crippen molar-refractivity contribution in [1.29, 1.82) is 0 Å². The van der Waals surface area contributed by atoms with Crippen molar-refractivity contribution in [1.82, 2.24) is 8.61 Å². The highest BCUT2D eigenvalue weighted by Crippen LogP contribution is 2.46. The molecule has 5 rings (SSSR count). The number of benzene rings is 3. The SMILES string of the molecule is Cc1ccc(S(=O)(=O)N2C[C@H]3C(=O)C[C@@H](c4ccccc4)N(S(C)(=O)=O)[C@H]3C[C@H]2c2ccccc2)cc1. The van der Waals surface area contributed by atoms with Crippen LogP contribution in [0.2, 0.25) is 0 Å². The van der Waals surface area contributed by atoms with E-state index in [1.54, 1.807) is 24.3 Å². The third kappa shape index (κ3) is 4.88. The van der Waals surface area contributed by atoms with Crippen LogP contribution in [0.15, 0.2) is 89.8 Å². The van der Waals surface area contributed by atoms with E-state index in [4.69, 9.17) is 0 Å². The number of carbonyl (C=O) groups is 1. The molecule has 3 aromatic rings. The average molecular weight is 539 g/mol. The molecule has 0 N–H and O–H groups in total. The Balaban J connectivity index is 1.61. The van der Waals surface area contributed by atoms with E-state index >= 15 is 0 Å². The van der Waals surface area contributed by atoms with Gasteiger partial charge in [0.25, 0.3) is 0 Å². The minimum Gasteiger partial charge on any atom is -0.299 e. The molecule has 0 saturated carbocycles. The van der Waals surface area contributed by atoms with Gasteiger partial charge in [-0.15, -0.1) is 0 Å². The second kappa shape index (κ2) is 9.79. The first-order valence-electron chi connectivity index (χ1n) is 12.3. The van der Waals surface area contributed by atoms with Crippen molar-refractivity contribution < 1.29 is 21.6 Å². The maximum absolute atomic E-state index is 13.9. The monoisotopic (exact) mass is 538 g/mol. The van der Waals surface area contributed by atoms with Crippen LogP contribution in [0.4, 0.5) is 0 Å². The van der Waals surface area contributed by atoms with Gasteiger partial charge in [-0.3, -0.25) is 4.79 Å². The lowest BCUT2D eigenvalue weighted by molar-refractivity contribution is -0.132. The van der Waals surface area contributed by atoms with E-state index in [0.717, 1.165) is 16.7 Å². The Labute approximate surface area is 218 Å². The topological polar surface area (TPSA) is 91.8 Å². The Bertz CT molecular complexity index is 1490. The maximum Gasteiger partial charge on any atom is 0.243 e. The number of rotatable bonds is 5. The summed E-state index contributed by atoms with van der Waals surface area (Å²) in [6.45, 7) is 1.81. The highest BCUT2D eigenvalue weighted by molar-refractivity contribution is 7.89. The van der Waals surface area contributed by atoms with Gasteiger partial charge >= 0.3 is 0 Å². The smallest absolute Gasteiger partial charge is 0.243 e. The van der Waals surface area contributed by atoms with Crippen molar-refractivity contribution in [2.24, 2.45) is 5.92 Å². The lowest BCUT2D eigenvalue weighted by atomic mass is 9.77. The van der Waals surface area contributed by atoms with Crippen LogP contribution < -0.4 is 0 Å².